The molecule has 0 aromatic heterocycles. The van der Waals surface area contributed by atoms with Gasteiger partial charge in [0, 0.05) is 0 Å². The second-order valence-corrected chi connectivity index (χ2v) is 3.76. The fourth-order valence-electron chi connectivity index (χ4n) is 1.65. The normalized spacial score (nSPS) is 11.0. The van der Waals surface area contributed by atoms with E-state index >= 15 is 0 Å². The second-order valence-electron chi connectivity index (χ2n) is 3.76. The van der Waals surface area contributed by atoms with E-state index in [1.54, 1.807) is 32.0 Å². The van der Waals surface area contributed by atoms with Gasteiger partial charge in [-0.2, -0.15) is 0 Å². The maximum atomic E-state index is 11.3. The molecule has 0 heterocycles. The van der Waals surface area contributed by atoms with Crippen molar-refractivity contribution in [3.05, 3.63) is 24.3 Å². The number of rotatable bonds is 6. The first-order valence-corrected chi connectivity index (χ1v) is 5.65. The number of para-hydroxylation sites is 2. The Labute approximate surface area is 101 Å². The van der Waals surface area contributed by atoms with Crippen LogP contribution in [0.3, 0.4) is 0 Å². The van der Waals surface area contributed by atoms with Crippen LogP contribution in [-0.2, 0) is 4.79 Å². The van der Waals surface area contributed by atoms with Gasteiger partial charge < -0.3 is 14.6 Å². The van der Waals surface area contributed by atoms with Crippen LogP contribution in [0.5, 0.6) is 11.5 Å². The molecule has 0 saturated carbocycles. The van der Waals surface area contributed by atoms with Crippen LogP contribution >= 0.6 is 0 Å². The van der Waals surface area contributed by atoms with Crippen LogP contribution in [0.1, 0.15) is 26.7 Å². The van der Waals surface area contributed by atoms with Gasteiger partial charge in [0.25, 0.3) is 0 Å². The molecule has 4 heteroatoms. The van der Waals surface area contributed by atoms with Crippen molar-refractivity contribution in [3.8, 4) is 11.5 Å². The first kappa shape index (κ1) is 13.4. The van der Waals surface area contributed by atoms with Crippen molar-refractivity contribution >= 4 is 5.97 Å². The third-order valence-corrected chi connectivity index (χ3v) is 2.91. The van der Waals surface area contributed by atoms with Crippen molar-refractivity contribution in [2.75, 3.05) is 7.11 Å². The third kappa shape index (κ3) is 2.70. The van der Waals surface area contributed by atoms with E-state index in [0.29, 0.717) is 24.3 Å². The lowest BCUT2D eigenvalue weighted by Crippen LogP contribution is -2.43. The molecular formula is C13H18O4. The van der Waals surface area contributed by atoms with Crippen LogP contribution in [0.25, 0.3) is 0 Å². The average Bonchev–Trinajstić information content (AvgIpc) is 2.36. The van der Waals surface area contributed by atoms with Gasteiger partial charge in [-0.25, -0.2) is 4.79 Å². The average molecular weight is 238 g/mol. The Morgan fingerprint density at radius 1 is 1.24 bits per heavy atom. The highest BCUT2D eigenvalue weighted by Gasteiger charge is 2.38. The van der Waals surface area contributed by atoms with Gasteiger partial charge in [0.05, 0.1) is 7.11 Å². The highest BCUT2D eigenvalue weighted by atomic mass is 16.5. The van der Waals surface area contributed by atoms with E-state index in [1.807, 2.05) is 6.07 Å². The lowest BCUT2D eigenvalue weighted by molar-refractivity contribution is -0.156. The van der Waals surface area contributed by atoms with Crippen molar-refractivity contribution < 1.29 is 19.4 Å². The van der Waals surface area contributed by atoms with Gasteiger partial charge in [0.15, 0.2) is 11.5 Å². The van der Waals surface area contributed by atoms with Crippen molar-refractivity contribution in [2.45, 2.75) is 32.3 Å². The fraction of sp³-hybridized carbons (Fsp3) is 0.462. The summed E-state index contributed by atoms with van der Waals surface area (Å²) in [4.78, 5) is 11.3. The molecule has 0 fully saturated rings. The summed E-state index contributed by atoms with van der Waals surface area (Å²) >= 11 is 0. The zero-order valence-electron chi connectivity index (χ0n) is 10.4. The van der Waals surface area contributed by atoms with Crippen LogP contribution in [0.2, 0.25) is 0 Å². The van der Waals surface area contributed by atoms with Gasteiger partial charge in [-0.3, -0.25) is 0 Å². The maximum absolute atomic E-state index is 11.3. The minimum Gasteiger partial charge on any atom is -0.493 e. The molecule has 0 saturated heterocycles. The molecule has 0 spiro atoms. The molecule has 0 aliphatic heterocycles. The number of hydrogen-bond acceptors (Lipinski definition) is 3. The van der Waals surface area contributed by atoms with Gasteiger partial charge in [0.2, 0.25) is 5.60 Å². The molecule has 1 N–H and O–H groups in total. The highest BCUT2D eigenvalue weighted by Crippen LogP contribution is 2.32. The van der Waals surface area contributed by atoms with Crippen LogP contribution < -0.4 is 9.47 Å². The van der Waals surface area contributed by atoms with Crippen molar-refractivity contribution in [1.82, 2.24) is 0 Å². The minimum atomic E-state index is -1.19. The monoisotopic (exact) mass is 238 g/mol. The highest BCUT2D eigenvalue weighted by molar-refractivity contribution is 5.78. The predicted octanol–water partition coefficient (Wildman–Crippen LogP) is 2.72. The predicted molar refractivity (Wildman–Crippen MR) is 64.6 cm³/mol. The summed E-state index contributed by atoms with van der Waals surface area (Å²) in [5, 5.41) is 9.28. The lowest BCUT2D eigenvalue weighted by Gasteiger charge is -2.28. The minimum absolute atomic E-state index is 0.400. The number of methoxy groups -OCH3 is 1. The summed E-state index contributed by atoms with van der Waals surface area (Å²) in [6.07, 6.45) is 0.799. The number of carbonyl (C=O) groups is 1. The van der Waals surface area contributed by atoms with Crippen LogP contribution in [0.15, 0.2) is 24.3 Å². The van der Waals surface area contributed by atoms with Gasteiger partial charge in [-0.05, 0) is 25.0 Å². The first-order chi connectivity index (χ1) is 8.09. The number of carboxylic acid groups (broad SMARTS) is 1. The largest absolute Gasteiger partial charge is 0.493 e. The number of aliphatic carboxylic acids is 1. The summed E-state index contributed by atoms with van der Waals surface area (Å²) in [5.74, 6) is 0.0505. The maximum Gasteiger partial charge on any atom is 0.348 e. The molecule has 0 aliphatic rings. The molecule has 1 aromatic rings. The van der Waals surface area contributed by atoms with Crippen molar-refractivity contribution in [1.29, 1.82) is 0 Å². The molecule has 0 amide bonds. The Hall–Kier alpha value is -1.71. The summed E-state index contributed by atoms with van der Waals surface area (Å²) < 4.78 is 10.8. The van der Waals surface area contributed by atoms with E-state index in [9.17, 15) is 9.90 Å². The molecular weight excluding hydrogens is 220 g/mol. The number of ether oxygens (including phenoxy) is 2. The molecule has 1 rings (SSSR count). The standard InChI is InChI=1S/C13H18O4/c1-4-13(5-2,12(14)15)17-11-9-7-6-8-10(11)16-3/h6-9H,4-5H2,1-3H3,(H,14,15). The molecule has 94 valence electrons. The van der Waals surface area contributed by atoms with Crippen molar-refractivity contribution in [2.24, 2.45) is 0 Å². The molecule has 0 aliphatic carbocycles. The fourth-order valence-corrected chi connectivity index (χ4v) is 1.65. The summed E-state index contributed by atoms with van der Waals surface area (Å²) in [6, 6.07) is 7.05. The van der Waals surface area contributed by atoms with E-state index in [2.05, 4.69) is 0 Å². The Morgan fingerprint density at radius 3 is 2.18 bits per heavy atom. The van der Waals surface area contributed by atoms with E-state index in [-0.39, 0.29) is 0 Å². The molecule has 0 radical (unpaired) electrons. The third-order valence-electron chi connectivity index (χ3n) is 2.91. The van der Waals surface area contributed by atoms with E-state index in [4.69, 9.17) is 9.47 Å². The Balaban J connectivity index is 3.05. The Kier molecular flexibility index (Phi) is 4.37. The Bertz CT molecular complexity index is 383. The molecule has 17 heavy (non-hydrogen) atoms. The molecule has 1 aromatic carbocycles. The number of benzene rings is 1. The quantitative estimate of drug-likeness (QED) is 0.827. The van der Waals surface area contributed by atoms with Gasteiger partial charge in [-0.15, -0.1) is 0 Å². The molecule has 0 bridgehead atoms. The van der Waals surface area contributed by atoms with Crippen LogP contribution in [0, 0.1) is 0 Å². The van der Waals surface area contributed by atoms with E-state index in [1.165, 1.54) is 7.11 Å². The second kappa shape index (κ2) is 5.57. The number of hydrogen-bond donors (Lipinski definition) is 1. The van der Waals surface area contributed by atoms with Gasteiger partial charge in [0.1, 0.15) is 0 Å². The van der Waals surface area contributed by atoms with E-state index < -0.39 is 11.6 Å². The lowest BCUT2D eigenvalue weighted by atomic mass is 9.97. The molecule has 0 atom stereocenters. The summed E-state index contributed by atoms with van der Waals surface area (Å²) in [5.41, 5.74) is -1.19. The number of carboxylic acids is 1. The SMILES string of the molecule is CCC(CC)(Oc1ccccc1OC)C(=O)O. The topological polar surface area (TPSA) is 55.8 Å². The summed E-state index contributed by atoms with van der Waals surface area (Å²) in [7, 11) is 1.53. The Morgan fingerprint density at radius 2 is 1.76 bits per heavy atom. The van der Waals surface area contributed by atoms with E-state index in [0.717, 1.165) is 0 Å². The van der Waals surface area contributed by atoms with Crippen LogP contribution in [0.4, 0.5) is 0 Å². The van der Waals surface area contributed by atoms with Gasteiger partial charge in [-0.1, -0.05) is 26.0 Å². The zero-order valence-corrected chi connectivity index (χ0v) is 10.4. The summed E-state index contributed by atoms with van der Waals surface area (Å²) in [6.45, 7) is 3.60. The first-order valence-electron chi connectivity index (χ1n) is 5.65. The smallest absolute Gasteiger partial charge is 0.348 e. The molecule has 4 nitrogen and oxygen atoms in total. The van der Waals surface area contributed by atoms with Gasteiger partial charge >= 0.3 is 5.97 Å². The van der Waals surface area contributed by atoms with Crippen LogP contribution in [-0.4, -0.2) is 23.8 Å². The zero-order chi connectivity index (χ0) is 12.9. The molecule has 0 unspecified atom stereocenters. The van der Waals surface area contributed by atoms with Crippen molar-refractivity contribution in [3.63, 3.8) is 0 Å².